The number of aromatic nitrogens is 3. The van der Waals surface area contributed by atoms with Crippen LogP contribution in [0.4, 0.5) is 5.95 Å². The molecule has 2 heterocycles. The van der Waals surface area contributed by atoms with Gasteiger partial charge in [-0.15, -0.1) is 10.2 Å². The predicted octanol–water partition coefficient (Wildman–Crippen LogP) is 2.59. The van der Waals surface area contributed by atoms with Crippen molar-refractivity contribution < 1.29 is 14.6 Å². The molecule has 154 valence electrons. The number of aryl methyl sites for hydroxylation is 1. The lowest BCUT2D eigenvalue weighted by Crippen LogP contribution is -2.37. The van der Waals surface area contributed by atoms with Gasteiger partial charge in [0, 0.05) is 36.1 Å². The Bertz CT molecular complexity index is 917. The third-order valence-corrected chi connectivity index (χ3v) is 5.69. The maximum Gasteiger partial charge on any atom is 0.243 e. The Morgan fingerprint density at radius 1 is 1.31 bits per heavy atom. The van der Waals surface area contributed by atoms with E-state index in [4.69, 9.17) is 4.74 Å². The minimum absolute atomic E-state index is 0.0279. The summed E-state index contributed by atoms with van der Waals surface area (Å²) >= 11 is 0. The van der Waals surface area contributed by atoms with E-state index in [0.29, 0.717) is 42.5 Å². The van der Waals surface area contributed by atoms with Gasteiger partial charge in [0.1, 0.15) is 17.2 Å². The highest BCUT2D eigenvalue weighted by atomic mass is 16.5. The summed E-state index contributed by atoms with van der Waals surface area (Å²) in [6.07, 6.45) is 4.34. The first-order valence-electron chi connectivity index (χ1n) is 10.3. The Morgan fingerprint density at radius 3 is 2.97 bits per heavy atom. The number of phenolic OH excluding ortho intramolecular Hbond substituents is 1. The number of benzene rings is 1. The zero-order chi connectivity index (χ0) is 20.4. The number of aromatic hydroxyl groups is 1. The van der Waals surface area contributed by atoms with Gasteiger partial charge in [0.15, 0.2) is 0 Å². The Kier molecular flexibility index (Phi) is 5.51. The number of nitrogens with one attached hydrogen (secondary N) is 2. The highest BCUT2D eigenvalue weighted by Crippen LogP contribution is 2.40. The van der Waals surface area contributed by atoms with Gasteiger partial charge >= 0.3 is 0 Å². The van der Waals surface area contributed by atoms with Gasteiger partial charge in [-0.3, -0.25) is 4.79 Å². The highest BCUT2D eigenvalue weighted by molar-refractivity contribution is 5.78. The van der Waals surface area contributed by atoms with Gasteiger partial charge in [0.25, 0.3) is 0 Å². The fourth-order valence-electron chi connectivity index (χ4n) is 4.22. The number of carbonyl (C=O) groups excluding carboxylic acids is 1. The maximum atomic E-state index is 12.1. The monoisotopic (exact) mass is 397 g/mol. The molecule has 1 saturated carbocycles. The van der Waals surface area contributed by atoms with E-state index in [0.717, 1.165) is 37.0 Å². The van der Waals surface area contributed by atoms with Crippen molar-refractivity contribution in [2.45, 2.75) is 52.0 Å². The second-order valence-electron chi connectivity index (χ2n) is 7.71. The first kappa shape index (κ1) is 19.4. The molecular weight excluding hydrogens is 370 g/mol. The number of nitrogens with zero attached hydrogens (tertiary/aromatic N) is 3. The third kappa shape index (κ3) is 3.97. The van der Waals surface area contributed by atoms with E-state index in [1.807, 2.05) is 19.9 Å². The lowest BCUT2D eigenvalue weighted by molar-refractivity contribution is -0.125. The zero-order valence-electron chi connectivity index (χ0n) is 16.9. The lowest BCUT2D eigenvalue weighted by Gasteiger charge is -2.28. The van der Waals surface area contributed by atoms with Crippen LogP contribution in [0.15, 0.2) is 12.1 Å². The van der Waals surface area contributed by atoms with Crippen molar-refractivity contribution in [2.75, 3.05) is 18.5 Å². The number of rotatable bonds is 5. The summed E-state index contributed by atoms with van der Waals surface area (Å²) in [5.74, 6) is 1.52. The average Bonchev–Trinajstić information content (AvgIpc) is 3.19. The molecule has 29 heavy (non-hydrogen) atoms. The summed E-state index contributed by atoms with van der Waals surface area (Å²) in [4.78, 5) is 16.7. The molecule has 1 aliphatic carbocycles. The number of fused-ring (bicyclic) bond motifs is 1. The van der Waals surface area contributed by atoms with Gasteiger partial charge in [-0.2, -0.15) is 0 Å². The SMILES string of the molecule is CCNC(=O)[C@H]1CCC[C@@H](Nc2nnc(-c3ccc4c(c3O)CCO4)c(C)n2)C1. The van der Waals surface area contributed by atoms with Gasteiger partial charge in [-0.05, 0) is 45.2 Å². The van der Waals surface area contributed by atoms with E-state index >= 15 is 0 Å². The third-order valence-electron chi connectivity index (χ3n) is 5.69. The van der Waals surface area contributed by atoms with E-state index in [9.17, 15) is 9.90 Å². The number of ether oxygens (including phenoxy) is 1. The van der Waals surface area contributed by atoms with Crippen LogP contribution < -0.4 is 15.4 Å². The van der Waals surface area contributed by atoms with Crippen LogP contribution in [0, 0.1) is 12.8 Å². The largest absolute Gasteiger partial charge is 0.507 e. The first-order valence-corrected chi connectivity index (χ1v) is 10.3. The molecule has 2 aliphatic rings. The molecule has 0 radical (unpaired) electrons. The van der Waals surface area contributed by atoms with E-state index < -0.39 is 0 Å². The van der Waals surface area contributed by atoms with Crippen LogP contribution in [0.5, 0.6) is 11.5 Å². The summed E-state index contributed by atoms with van der Waals surface area (Å²) in [5, 5.41) is 25.4. The van der Waals surface area contributed by atoms with Crippen molar-refractivity contribution in [3.8, 4) is 22.8 Å². The fraction of sp³-hybridized carbons (Fsp3) is 0.524. The summed E-state index contributed by atoms with van der Waals surface area (Å²) < 4.78 is 5.49. The molecule has 1 aromatic carbocycles. The number of phenols is 1. The van der Waals surface area contributed by atoms with E-state index in [2.05, 4.69) is 25.8 Å². The van der Waals surface area contributed by atoms with Crippen molar-refractivity contribution in [2.24, 2.45) is 5.92 Å². The highest BCUT2D eigenvalue weighted by Gasteiger charge is 2.28. The molecule has 3 N–H and O–H groups in total. The molecule has 0 unspecified atom stereocenters. The minimum Gasteiger partial charge on any atom is -0.507 e. The van der Waals surface area contributed by atoms with Gasteiger partial charge in [0.05, 0.1) is 12.3 Å². The van der Waals surface area contributed by atoms with E-state index in [-0.39, 0.29) is 23.6 Å². The predicted molar refractivity (Wildman–Crippen MR) is 109 cm³/mol. The molecule has 1 aliphatic heterocycles. The topological polar surface area (TPSA) is 109 Å². The van der Waals surface area contributed by atoms with Crippen molar-refractivity contribution in [1.29, 1.82) is 0 Å². The standard InChI is InChI=1S/C21H27N5O3/c1-3-22-20(28)13-5-4-6-14(11-13)24-21-23-12(2)18(25-26-21)16-7-8-17-15(19(16)27)9-10-29-17/h7-8,13-14,27H,3-6,9-11H2,1-2H3,(H,22,28)(H,23,24,26)/t13-,14+/m0/s1. The maximum absolute atomic E-state index is 12.1. The molecule has 4 rings (SSSR count). The van der Waals surface area contributed by atoms with Crippen LogP contribution in [-0.2, 0) is 11.2 Å². The molecule has 1 aromatic heterocycles. The fourth-order valence-corrected chi connectivity index (χ4v) is 4.22. The Morgan fingerprint density at radius 2 is 2.17 bits per heavy atom. The molecule has 8 heteroatoms. The van der Waals surface area contributed by atoms with Crippen LogP contribution in [0.2, 0.25) is 0 Å². The van der Waals surface area contributed by atoms with E-state index in [1.165, 1.54) is 0 Å². The van der Waals surface area contributed by atoms with Crippen LogP contribution in [0.1, 0.15) is 43.9 Å². The Labute approximate surface area is 170 Å². The number of anilines is 1. The molecule has 0 saturated heterocycles. The van der Waals surface area contributed by atoms with Crippen LogP contribution in [-0.4, -0.2) is 45.4 Å². The summed E-state index contributed by atoms with van der Waals surface area (Å²) in [6, 6.07) is 3.80. The molecule has 0 bridgehead atoms. The zero-order valence-corrected chi connectivity index (χ0v) is 16.9. The molecule has 2 aromatic rings. The molecule has 1 fully saturated rings. The van der Waals surface area contributed by atoms with Gasteiger partial charge in [-0.25, -0.2) is 4.98 Å². The van der Waals surface area contributed by atoms with Crippen molar-refractivity contribution in [3.05, 3.63) is 23.4 Å². The van der Waals surface area contributed by atoms with Crippen LogP contribution in [0.3, 0.4) is 0 Å². The summed E-state index contributed by atoms with van der Waals surface area (Å²) in [5.41, 5.74) is 2.68. The summed E-state index contributed by atoms with van der Waals surface area (Å²) in [6.45, 7) is 5.03. The lowest BCUT2D eigenvalue weighted by atomic mass is 9.85. The molecular formula is C21H27N5O3. The van der Waals surface area contributed by atoms with Crippen molar-refractivity contribution >= 4 is 11.9 Å². The van der Waals surface area contributed by atoms with Crippen molar-refractivity contribution in [3.63, 3.8) is 0 Å². The molecule has 1 amide bonds. The van der Waals surface area contributed by atoms with Crippen molar-refractivity contribution in [1.82, 2.24) is 20.5 Å². The van der Waals surface area contributed by atoms with Crippen LogP contribution in [0.25, 0.3) is 11.3 Å². The molecule has 0 spiro atoms. The average molecular weight is 397 g/mol. The van der Waals surface area contributed by atoms with Gasteiger partial charge in [-0.1, -0.05) is 6.42 Å². The summed E-state index contributed by atoms with van der Waals surface area (Å²) in [7, 11) is 0. The number of carbonyl (C=O) groups is 1. The minimum atomic E-state index is 0.0279. The second-order valence-corrected chi connectivity index (χ2v) is 7.71. The quantitative estimate of drug-likeness (QED) is 0.711. The molecule has 2 atom stereocenters. The number of amides is 1. The first-order chi connectivity index (χ1) is 14.1. The molecule has 8 nitrogen and oxygen atoms in total. The number of hydrogen-bond donors (Lipinski definition) is 3. The normalized spacial score (nSPS) is 20.6. The Balaban J connectivity index is 1.49. The van der Waals surface area contributed by atoms with Gasteiger partial charge in [0.2, 0.25) is 11.9 Å². The smallest absolute Gasteiger partial charge is 0.243 e. The Hall–Kier alpha value is -2.90. The van der Waals surface area contributed by atoms with E-state index in [1.54, 1.807) is 6.07 Å². The van der Waals surface area contributed by atoms with Gasteiger partial charge < -0.3 is 20.5 Å². The van der Waals surface area contributed by atoms with Crippen LogP contribution >= 0.6 is 0 Å². The second kappa shape index (κ2) is 8.23. The number of hydrogen-bond acceptors (Lipinski definition) is 7.